The third-order valence-corrected chi connectivity index (χ3v) is 5.49. The number of benzene rings is 2. The number of nitrogens with zero attached hydrogens (tertiary/aromatic N) is 3. The molecule has 182 valence electrons. The van der Waals surface area contributed by atoms with Crippen molar-refractivity contribution in [3.63, 3.8) is 0 Å². The topological polar surface area (TPSA) is 140 Å². The first-order chi connectivity index (χ1) is 17.2. The number of non-ortho nitro benzene ring substituents is 1. The Bertz CT molecular complexity index is 1360. The van der Waals surface area contributed by atoms with Crippen LogP contribution in [0.5, 0.6) is 0 Å². The summed E-state index contributed by atoms with van der Waals surface area (Å²) in [7, 11) is 0. The highest BCUT2D eigenvalue weighted by molar-refractivity contribution is 6.51. The summed E-state index contributed by atoms with van der Waals surface area (Å²) in [5, 5.41) is 22.0. The van der Waals surface area contributed by atoms with Crippen LogP contribution in [0.3, 0.4) is 0 Å². The number of ether oxygens (including phenoxy) is 1. The molecule has 1 aliphatic heterocycles. The lowest BCUT2D eigenvalue weighted by molar-refractivity contribution is -0.384. The van der Waals surface area contributed by atoms with E-state index in [9.17, 15) is 29.6 Å². The molecule has 10 nitrogen and oxygen atoms in total. The number of ketones is 1. The van der Waals surface area contributed by atoms with Crippen molar-refractivity contribution in [2.45, 2.75) is 26.0 Å². The van der Waals surface area contributed by atoms with E-state index in [1.807, 2.05) is 0 Å². The summed E-state index contributed by atoms with van der Waals surface area (Å²) in [5.74, 6) is -2.85. The van der Waals surface area contributed by atoms with Crippen LogP contribution in [0.4, 0.5) is 11.4 Å². The van der Waals surface area contributed by atoms with Gasteiger partial charge in [-0.1, -0.05) is 6.07 Å². The van der Waals surface area contributed by atoms with Crippen molar-refractivity contribution < 1.29 is 29.2 Å². The first-order valence-electron chi connectivity index (χ1n) is 11.0. The fourth-order valence-corrected chi connectivity index (χ4v) is 3.85. The zero-order valence-corrected chi connectivity index (χ0v) is 19.3. The molecule has 0 spiro atoms. The molecule has 1 unspecified atom stereocenters. The molecule has 10 heteroatoms. The molecule has 1 atom stereocenters. The molecule has 2 aromatic carbocycles. The van der Waals surface area contributed by atoms with Crippen molar-refractivity contribution in [1.82, 2.24) is 4.98 Å². The number of pyridine rings is 1. The van der Waals surface area contributed by atoms with Gasteiger partial charge in [0.15, 0.2) is 0 Å². The summed E-state index contributed by atoms with van der Waals surface area (Å²) >= 11 is 0. The van der Waals surface area contributed by atoms with Crippen molar-refractivity contribution >= 4 is 34.8 Å². The van der Waals surface area contributed by atoms with Crippen LogP contribution < -0.4 is 4.90 Å². The monoisotopic (exact) mass is 487 g/mol. The number of hydrogen-bond acceptors (Lipinski definition) is 8. The summed E-state index contributed by atoms with van der Waals surface area (Å²) in [6.07, 6.45) is 1.19. The van der Waals surface area contributed by atoms with E-state index in [-0.39, 0.29) is 28.5 Å². The highest BCUT2D eigenvalue weighted by Gasteiger charge is 2.47. The number of esters is 1. The number of aliphatic hydroxyl groups excluding tert-OH is 1. The van der Waals surface area contributed by atoms with Gasteiger partial charge in [-0.2, -0.15) is 0 Å². The van der Waals surface area contributed by atoms with Crippen LogP contribution in [0, 0.1) is 10.1 Å². The standard InChI is InChI=1S/C26H21N3O7/c1-15(2)36-26(33)17-8-10-18(11-9-17)28-22(20-5-3-4-14-27-20)21(24(31)25(28)32)23(30)16-6-12-19(13-7-16)29(34)35/h3-15,22,30H,1-2H3/b23-21-. The molecule has 0 bridgehead atoms. The van der Waals surface area contributed by atoms with E-state index in [1.165, 1.54) is 59.6 Å². The van der Waals surface area contributed by atoms with Gasteiger partial charge in [-0.3, -0.25) is 29.6 Å². The second kappa shape index (κ2) is 9.79. The van der Waals surface area contributed by atoms with Crippen molar-refractivity contribution in [3.05, 3.63) is 105 Å². The Morgan fingerprint density at radius 3 is 2.22 bits per heavy atom. The molecule has 0 saturated carbocycles. The number of rotatable bonds is 6. The van der Waals surface area contributed by atoms with Crippen LogP contribution in [-0.2, 0) is 14.3 Å². The van der Waals surface area contributed by atoms with Crippen LogP contribution in [0.15, 0.2) is 78.5 Å². The summed E-state index contributed by atoms with van der Waals surface area (Å²) in [6, 6.07) is 14.8. The lowest BCUT2D eigenvalue weighted by Gasteiger charge is -2.24. The van der Waals surface area contributed by atoms with Crippen LogP contribution >= 0.6 is 0 Å². The van der Waals surface area contributed by atoms with E-state index in [1.54, 1.807) is 32.0 Å². The number of hydrogen-bond donors (Lipinski definition) is 1. The van der Waals surface area contributed by atoms with Gasteiger partial charge < -0.3 is 9.84 Å². The molecule has 1 aromatic heterocycles. The molecule has 2 heterocycles. The minimum atomic E-state index is -1.07. The van der Waals surface area contributed by atoms with Gasteiger partial charge in [-0.25, -0.2) is 4.79 Å². The number of aromatic nitrogens is 1. The summed E-state index contributed by atoms with van der Waals surface area (Å²) in [6.45, 7) is 3.45. The quantitative estimate of drug-likeness (QED) is 0.136. The smallest absolute Gasteiger partial charge is 0.338 e. The number of Topliss-reactive ketones (excluding diaryl/α,β-unsaturated/α-hetero) is 1. The average Bonchev–Trinajstić information content (AvgIpc) is 3.14. The summed E-state index contributed by atoms with van der Waals surface area (Å²) < 4.78 is 5.18. The van der Waals surface area contributed by atoms with Gasteiger partial charge >= 0.3 is 5.97 Å². The molecule has 1 fully saturated rings. The van der Waals surface area contributed by atoms with Gasteiger partial charge in [0.1, 0.15) is 11.8 Å². The molecule has 3 aromatic rings. The van der Waals surface area contributed by atoms with Crippen molar-refractivity contribution in [1.29, 1.82) is 0 Å². The minimum Gasteiger partial charge on any atom is -0.507 e. The van der Waals surface area contributed by atoms with Gasteiger partial charge in [-0.15, -0.1) is 0 Å². The molecular weight excluding hydrogens is 466 g/mol. The van der Waals surface area contributed by atoms with Crippen LogP contribution in [0.2, 0.25) is 0 Å². The second-order valence-corrected chi connectivity index (χ2v) is 8.23. The summed E-state index contributed by atoms with van der Waals surface area (Å²) in [4.78, 5) is 54.4. The van der Waals surface area contributed by atoms with E-state index in [0.717, 1.165) is 0 Å². The van der Waals surface area contributed by atoms with Crippen molar-refractivity contribution in [2.24, 2.45) is 0 Å². The SMILES string of the molecule is CC(C)OC(=O)c1ccc(N2C(=O)C(=O)/C(=C(\O)c3ccc([N+](=O)[O-])cc3)C2c2ccccn2)cc1. The second-order valence-electron chi connectivity index (χ2n) is 8.23. The van der Waals surface area contributed by atoms with Crippen LogP contribution in [0.1, 0.15) is 41.5 Å². The normalized spacial score (nSPS) is 16.9. The number of aliphatic hydroxyl groups is 1. The number of anilines is 1. The van der Waals surface area contributed by atoms with E-state index < -0.39 is 34.4 Å². The zero-order valence-electron chi connectivity index (χ0n) is 19.3. The van der Waals surface area contributed by atoms with Gasteiger partial charge in [0.05, 0.1) is 27.9 Å². The Kier molecular flexibility index (Phi) is 6.60. The molecule has 0 aliphatic carbocycles. The first-order valence-corrected chi connectivity index (χ1v) is 11.0. The van der Waals surface area contributed by atoms with Crippen molar-refractivity contribution in [2.75, 3.05) is 4.90 Å². The Balaban J connectivity index is 1.81. The Hall–Kier alpha value is -4.86. The van der Waals surface area contributed by atoms with Gasteiger partial charge in [-0.05, 0) is 62.4 Å². The van der Waals surface area contributed by atoms with Gasteiger partial charge in [0, 0.05) is 29.6 Å². The largest absolute Gasteiger partial charge is 0.507 e. The van der Waals surface area contributed by atoms with E-state index in [4.69, 9.17) is 4.74 Å². The zero-order chi connectivity index (χ0) is 26.0. The summed E-state index contributed by atoms with van der Waals surface area (Å²) in [5.41, 5.74) is 0.621. The Morgan fingerprint density at radius 2 is 1.67 bits per heavy atom. The van der Waals surface area contributed by atoms with Gasteiger partial charge in [0.25, 0.3) is 17.4 Å². The highest BCUT2D eigenvalue weighted by Crippen LogP contribution is 2.41. The number of carbonyl (C=O) groups is 3. The fraction of sp³-hybridized carbons (Fsp3) is 0.154. The number of nitro groups is 1. The first kappa shape index (κ1) is 24.3. The molecule has 1 amide bonds. The van der Waals surface area contributed by atoms with Crippen molar-refractivity contribution in [3.8, 4) is 0 Å². The lowest BCUT2D eigenvalue weighted by atomic mass is 9.98. The maximum absolute atomic E-state index is 13.2. The predicted molar refractivity (Wildman–Crippen MR) is 129 cm³/mol. The maximum Gasteiger partial charge on any atom is 0.338 e. The Labute approximate surface area is 205 Å². The van der Waals surface area contributed by atoms with Gasteiger partial charge in [0.2, 0.25) is 0 Å². The molecule has 1 aliphatic rings. The molecule has 0 radical (unpaired) electrons. The minimum absolute atomic E-state index is 0.131. The molecule has 1 N–H and O–H groups in total. The van der Waals surface area contributed by atoms with Crippen LogP contribution in [-0.4, -0.2) is 38.8 Å². The molecule has 36 heavy (non-hydrogen) atoms. The number of carbonyl (C=O) groups excluding carboxylic acids is 3. The molecule has 4 rings (SSSR count). The third-order valence-electron chi connectivity index (χ3n) is 5.49. The molecular formula is C26H21N3O7. The fourth-order valence-electron chi connectivity index (χ4n) is 3.85. The molecule has 1 saturated heterocycles. The van der Waals surface area contributed by atoms with E-state index in [0.29, 0.717) is 11.4 Å². The lowest BCUT2D eigenvalue weighted by Crippen LogP contribution is -2.29. The highest BCUT2D eigenvalue weighted by atomic mass is 16.6. The van der Waals surface area contributed by atoms with E-state index in [2.05, 4.69) is 4.98 Å². The van der Waals surface area contributed by atoms with E-state index >= 15 is 0 Å². The van der Waals surface area contributed by atoms with Crippen LogP contribution in [0.25, 0.3) is 5.76 Å². The maximum atomic E-state index is 13.2. The average molecular weight is 487 g/mol. The third kappa shape index (κ3) is 4.56. The number of nitro benzene ring substituents is 1. The number of amides is 1. The Morgan fingerprint density at radius 1 is 1.03 bits per heavy atom. The predicted octanol–water partition coefficient (Wildman–Crippen LogP) is 4.18.